The summed E-state index contributed by atoms with van der Waals surface area (Å²) in [6.45, 7) is 10.3. The lowest BCUT2D eigenvalue weighted by Crippen LogP contribution is -2.23. The SMILES string of the molecule is CC.COC(C)c1ncc(C2=CCN(C)CC2)cc1C. The number of hydrogen-bond donors (Lipinski definition) is 0. The number of likely N-dealkylation sites (N-methyl/N-ethyl adjacent to an activating group) is 1. The average molecular weight is 276 g/mol. The zero-order valence-corrected chi connectivity index (χ0v) is 13.7. The highest BCUT2D eigenvalue weighted by atomic mass is 16.5. The minimum Gasteiger partial charge on any atom is -0.375 e. The van der Waals surface area contributed by atoms with Crippen molar-refractivity contribution in [2.24, 2.45) is 0 Å². The van der Waals surface area contributed by atoms with E-state index >= 15 is 0 Å². The van der Waals surface area contributed by atoms with Crippen LogP contribution in [0.25, 0.3) is 5.57 Å². The Balaban J connectivity index is 0.000000956. The van der Waals surface area contributed by atoms with Crippen LogP contribution >= 0.6 is 0 Å². The van der Waals surface area contributed by atoms with Gasteiger partial charge < -0.3 is 9.64 Å². The number of aryl methyl sites for hydroxylation is 1. The molecule has 0 saturated carbocycles. The zero-order chi connectivity index (χ0) is 15.1. The van der Waals surface area contributed by atoms with E-state index in [-0.39, 0.29) is 6.10 Å². The van der Waals surface area contributed by atoms with Gasteiger partial charge in [-0.05, 0) is 50.1 Å². The number of hydrogen-bond acceptors (Lipinski definition) is 3. The number of methoxy groups -OCH3 is 1. The molecule has 0 fully saturated rings. The summed E-state index contributed by atoms with van der Waals surface area (Å²) in [4.78, 5) is 6.89. The zero-order valence-electron chi connectivity index (χ0n) is 13.7. The first-order chi connectivity index (χ1) is 9.61. The van der Waals surface area contributed by atoms with E-state index in [0.717, 1.165) is 25.2 Å². The second-order valence-electron chi connectivity index (χ2n) is 5.05. The highest BCUT2D eigenvalue weighted by Crippen LogP contribution is 2.25. The summed E-state index contributed by atoms with van der Waals surface area (Å²) in [6.07, 6.45) is 5.45. The van der Waals surface area contributed by atoms with Gasteiger partial charge in [0.05, 0.1) is 11.8 Å². The first-order valence-corrected chi connectivity index (χ1v) is 7.49. The van der Waals surface area contributed by atoms with Crippen LogP contribution in [0.3, 0.4) is 0 Å². The van der Waals surface area contributed by atoms with E-state index in [1.165, 1.54) is 16.7 Å². The van der Waals surface area contributed by atoms with Crippen LogP contribution in [-0.2, 0) is 4.74 Å². The third-order valence-electron chi connectivity index (χ3n) is 3.64. The summed E-state index contributed by atoms with van der Waals surface area (Å²) in [6, 6.07) is 2.23. The molecule has 0 radical (unpaired) electrons. The molecule has 0 aromatic carbocycles. The lowest BCUT2D eigenvalue weighted by molar-refractivity contribution is 0.115. The van der Waals surface area contributed by atoms with Gasteiger partial charge in [-0.15, -0.1) is 0 Å². The molecule has 0 saturated heterocycles. The van der Waals surface area contributed by atoms with Crippen molar-refractivity contribution in [3.05, 3.63) is 35.2 Å². The number of nitrogens with zero attached hydrogens (tertiary/aromatic N) is 2. The van der Waals surface area contributed by atoms with Crippen molar-refractivity contribution in [3.63, 3.8) is 0 Å². The molecule has 112 valence electrons. The molecule has 20 heavy (non-hydrogen) atoms. The van der Waals surface area contributed by atoms with Crippen molar-refractivity contribution < 1.29 is 4.74 Å². The molecular formula is C17H28N2O. The van der Waals surface area contributed by atoms with E-state index in [4.69, 9.17) is 4.74 Å². The quantitative estimate of drug-likeness (QED) is 0.838. The van der Waals surface area contributed by atoms with Gasteiger partial charge in [-0.3, -0.25) is 4.98 Å². The molecule has 1 unspecified atom stereocenters. The highest BCUT2D eigenvalue weighted by Gasteiger charge is 2.13. The largest absolute Gasteiger partial charge is 0.375 e. The molecule has 3 heteroatoms. The van der Waals surface area contributed by atoms with Gasteiger partial charge in [0, 0.05) is 26.4 Å². The summed E-state index contributed by atoms with van der Waals surface area (Å²) < 4.78 is 5.33. The predicted molar refractivity (Wildman–Crippen MR) is 85.8 cm³/mol. The lowest BCUT2D eigenvalue weighted by Gasteiger charge is -2.22. The van der Waals surface area contributed by atoms with Gasteiger partial charge in [0.1, 0.15) is 0 Å². The molecule has 1 aliphatic rings. The Morgan fingerprint density at radius 3 is 2.55 bits per heavy atom. The Kier molecular flexibility index (Phi) is 6.89. The van der Waals surface area contributed by atoms with E-state index in [2.05, 4.69) is 36.0 Å². The Morgan fingerprint density at radius 2 is 2.05 bits per heavy atom. The number of ether oxygens (including phenoxy) is 1. The molecule has 0 spiro atoms. The second-order valence-corrected chi connectivity index (χ2v) is 5.05. The van der Waals surface area contributed by atoms with Crippen molar-refractivity contribution in [3.8, 4) is 0 Å². The Bertz CT molecular complexity index is 454. The summed E-state index contributed by atoms with van der Waals surface area (Å²) in [7, 11) is 3.87. The van der Waals surface area contributed by atoms with E-state index in [1.807, 2.05) is 27.0 Å². The Labute approximate surface area is 123 Å². The smallest absolute Gasteiger partial charge is 0.0965 e. The molecule has 0 N–H and O–H groups in total. The molecule has 0 amide bonds. The van der Waals surface area contributed by atoms with E-state index < -0.39 is 0 Å². The average Bonchev–Trinajstić information content (AvgIpc) is 2.49. The molecule has 3 nitrogen and oxygen atoms in total. The van der Waals surface area contributed by atoms with Crippen molar-refractivity contribution in [2.75, 3.05) is 27.2 Å². The lowest BCUT2D eigenvalue weighted by atomic mass is 9.98. The Hall–Kier alpha value is -1.19. The number of aromatic nitrogens is 1. The van der Waals surface area contributed by atoms with Crippen LogP contribution in [0.1, 0.15) is 50.1 Å². The third-order valence-corrected chi connectivity index (χ3v) is 3.64. The van der Waals surface area contributed by atoms with Crippen molar-refractivity contribution in [2.45, 2.75) is 40.2 Å². The molecule has 2 heterocycles. The van der Waals surface area contributed by atoms with Crippen LogP contribution in [0.2, 0.25) is 0 Å². The topological polar surface area (TPSA) is 25.4 Å². The second kappa shape index (κ2) is 8.18. The first-order valence-electron chi connectivity index (χ1n) is 7.49. The molecular weight excluding hydrogens is 248 g/mol. The monoisotopic (exact) mass is 276 g/mol. The van der Waals surface area contributed by atoms with Crippen LogP contribution in [0.4, 0.5) is 0 Å². The van der Waals surface area contributed by atoms with Gasteiger partial charge >= 0.3 is 0 Å². The maximum absolute atomic E-state index is 5.33. The van der Waals surface area contributed by atoms with Gasteiger partial charge in [-0.25, -0.2) is 0 Å². The fourth-order valence-electron chi connectivity index (χ4n) is 2.33. The molecule has 0 aliphatic carbocycles. The fraction of sp³-hybridized carbons (Fsp3) is 0.588. The maximum Gasteiger partial charge on any atom is 0.0965 e. The summed E-state index contributed by atoms with van der Waals surface area (Å²) in [5.74, 6) is 0. The summed E-state index contributed by atoms with van der Waals surface area (Å²) in [5.41, 5.74) is 4.92. The number of pyridine rings is 1. The minimum absolute atomic E-state index is 0.0607. The van der Waals surface area contributed by atoms with Crippen LogP contribution < -0.4 is 0 Å². The van der Waals surface area contributed by atoms with E-state index in [1.54, 1.807) is 7.11 Å². The minimum atomic E-state index is 0.0607. The molecule has 1 aromatic rings. The first kappa shape index (κ1) is 16.9. The molecule has 0 bridgehead atoms. The fourth-order valence-corrected chi connectivity index (χ4v) is 2.33. The van der Waals surface area contributed by atoms with E-state index in [0.29, 0.717) is 0 Å². The molecule has 1 atom stereocenters. The van der Waals surface area contributed by atoms with Gasteiger partial charge in [-0.1, -0.05) is 19.9 Å². The summed E-state index contributed by atoms with van der Waals surface area (Å²) in [5, 5.41) is 0. The van der Waals surface area contributed by atoms with Crippen LogP contribution in [0.5, 0.6) is 0 Å². The van der Waals surface area contributed by atoms with Gasteiger partial charge in [0.25, 0.3) is 0 Å². The van der Waals surface area contributed by atoms with Crippen LogP contribution in [0.15, 0.2) is 18.3 Å². The van der Waals surface area contributed by atoms with Gasteiger partial charge in [-0.2, -0.15) is 0 Å². The molecule has 1 aliphatic heterocycles. The standard InChI is InChI=1S/C15H22N2O.C2H6/c1-11-9-14(10-16-15(11)12(2)18-4)13-5-7-17(3)8-6-13;1-2/h5,9-10,12H,6-8H2,1-4H3;1-2H3. The third kappa shape index (κ3) is 4.15. The Morgan fingerprint density at radius 1 is 1.35 bits per heavy atom. The number of rotatable bonds is 3. The van der Waals surface area contributed by atoms with E-state index in [9.17, 15) is 0 Å². The highest BCUT2D eigenvalue weighted by molar-refractivity contribution is 5.66. The van der Waals surface area contributed by atoms with Gasteiger partial charge in [0.15, 0.2) is 0 Å². The molecule has 1 aromatic heterocycles. The van der Waals surface area contributed by atoms with Gasteiger partial charge in [0.2, 0.25) is 0 Å². The van der Waals surface area contributed by atoms with Crippen molar-refractivity contribution in [1.82, 2.24) is 9.88 Å². The molecule has 2 rings (SSSR count). The predicted octanol–water partition coefficient (Wildman–Crippen LogP) is 3.84. The van der Waals surface area contributed by atoms with Crippen LogP contribution in [0, 0.1) is 6.92 Å². The van der Waals surface area contributed by atoms with Crippen molar-refractivity contribution in [1.29, 1.82) is 0 Å². The normalized spacial score (nSPS) is 17.0. The van der Waals surface area contributed by atoms with Crippen molar-refractivity contribution >= 4 is 5.57 Å². The maximum atomic E-state index is 5.33. The summed E-state index contributed by atoms with van der Waals surface area (Å²) >= 11 is 0. The van der Waals surface area contributed by atoms with Crippen LogP contribution in [-0.4, -0.2) is 37.1 Å².